The van der Waals surface area contributed by atoms with Gasteiger partial charge in [0.25, 0.3) is 0 Å². The predicted molar refractivity (Wildman–Crippen MR) is 274 cm³/mol. The van der Waals surface area contributed by atoms with Gasteiger partial charge in [0.15, 0.2) is 0 Å². The summed E-state index contributed by atoms with van der Waals surface area (Å²) in [5, 5.41) is 47.1. The van der Waals surface area contributed by atoms with E-state index >= 15 is 4.79 Å². The first kappa shape index (κ1) is 46.0. The lowest BCUT2D eigenvalue weighted by Gasteiger charge is -2.26. The molecular formula is C55H53ClN2O7S2. The molecule has 0 unspecified atom stereocenters. The number of phenolic OH excluding ortho intramolecular Hbond substituents is 4. The number of thiophene rings is 2. The van der Waals surface area contributed by atoms with Crippen LogP contribution in [0.15, 0.2) is 121 Å². The fraction of sp³-hybridized carbons (Fsp3) is 0.255. The van der Waals surface area contributed by atoms with Crippen molar-refractivity contribution in [3.8, 4) is 77.6 Å². The summed E-state index contributed by atoms with van der Waals surface area (Å²) in [5.41, 5.74) is 4.06. The number of hydrogen-bond donors (Lipinski definition) is 4. The molecule has 2 aliphatic heterocycles. The van der Waals surface area contributed by atoms with E-state index in [4.69, 9.17) is 9.47 Å². The Morgan fingerprint density at radius 1 is 0.507 bits per heavy atom. The fourth-order valence-electron chi connectivity index (χ4n) is 9.57. The number of likely N-dealkylation sites (tertiary alicyclic amines) is 2. The monoisotopic (exact) mass is 952 g/mol. The number of phenols is 4. The molecule has 2 saturated heterocycles. The molecule has 4 N–H and O–H groups in total. The average Bonchev–Trinajstić information content (AvgIpc) is 3.92. The number of ketones is 1. The molecule has 0 saturated carbocycles. The van der Waals surface area contributed by atoms with Gasteiger partial charge in [0, 0.05) is 77.4 Å². The molecule has 344 valence electrons. The second kappa shape index (κ2) is 20.4. The number of ether oxygens (including phenoxy) is 2. The average molecular weight is 954 g/mol. The van der Waals surface area contributed by atoms with Crippen LogP contribution in [0.25, 0.3) is 63.3 Å². The van der Waals surface area contributed by atoms with Crippen molar-refractivity contribution in [2.24, 2.45) is 0 Å². The maximum Gasteiger partial charge on any atom is 0.201 e. The van der Waals surface area contributed by atoms with Crippen LogP contribution in [0, 0.1) is 0 Å². The number of rotatable bonds is 14. The van der Waals surface area contributed by atoms with Gasteiger partial charge in [0.05, 0.1) is 11.1 Å². The Labute approximate surface area is 404 Å². The van der Waals surface area contributed by atoms with E-state index in [1.165, 1.54) is 25.0 Å². The third-order valence-corrected chi connectivity index (χ3v) is 15.3. The minimum atomic E-state index is -0.575. The molecule has 0 aliphatic carbocycles. The van der Waals surface area contributed by atoms with Gasteiger partial charge in [-0.1, -0.05) is 49.2 Å². The number of nitrogens with zero attached hydrogens (tertiary/aromatic N) is 2. The van der Waals surface area contributed by atoms with Crippen molar-refractivity contribution < 1.29 is 34.7 Å². The van der Waals surface area contributed by atoms with E-state index in [2.05, 4.69) is 9.80 Å². The second-order valence-electron chi connectivity index (χ2n) is 17.3. The summed E-state index contributed by atoms with van der Waals surface area (Å²) in [6.07, 6.45) is 7.09. The third-order valence-electron chi connectivity index (χ3n) is 12.9. The van der Waals surface area contributed by atoms with Crippen molar-refractivity contribution in [2.45, 2.75) is 38.5 Å². The van der Waals surface area contributed by atoms with Crippen LogP contribution >= 0.6 is 35.1 Å². The van der Waals surface area contributed by atoms with Crippen LogP contribution in [0.2, 0.25) is 0 Å². The van der Waals surface area contributed by atoms with Gasteiger partial charge in [0.2, 0.25) is 5.78 Å². The molecule has 10 rings (SSSR count). The number of carbonyl (C=O) groups excluding carboxylic acids is 1. The maximum atomic E-state index is 16.0. The maximum absolute atomic E-state index is 16.0. The molecule has 2 aromatic heterocycles. The molecule has 4 heterocycles. The van der Waals surface area contributed by atoms with Gasteiger partial charge in [-0.2, -0.15) is 0 Å². The van der Waals surface area contributed by atoms with E-state index in [0.29, 0.717) is 35.8 Å². The zero-order chi connectivity index (χ0) is 45.1. The molecule has 0 spiro atoms. The molecule has 0 amide bonds. The van der Waals surface area contributed by atoms with Crippen molar-refractivity contribution in [3.63, 3.8) is 0 Å². The molecule has 6 aromatic carbocycles. The van der Waals surface area contributed by atoms with Gasteiger partial charge in [-0.15, -0.1) is 35.1 Å². The first-order valence-corrected chi connectivity index (χ1v) is 24.5. The summed E-state index contributed by atoms with van der Waals surface area (Å²) < 4.78 is 14.8. The molecule has 9 nitrogen and oxygen atoms in total. The van der Waals surface area contributed by atoms with Crippen molar-refractivity contribution in [1.29, 1.82) is 0 Å². The van der Waals surface area contributed by atoms with Crippen LogP contribution in [0.3, 0.4) is 0 Å². The van der Waals surface area contributed by atoms with Crippen LogP contribution in [-0.4, -0.2) is 88.5 Å². The molecule has 8 aromatic rings. The van der Waals surface area contributed by atoms with Gasteiger partial charge >= 0.3 is 0 Å². The van der Waals surface area contributed by atoms with Crippen molar-refractivity contribution in [1.82, 2.24) is 9.80 Å². The lowest BCUT2D eigenvalue weighted by atomic mass is 9.86. The number of carbonyl (C=O) groups is 1. The van der Waals surface area contributed by atoms with Gasteiger partial charge < -0.3 is 29.9 Å². The molecule has 0 atom stereocenters. The quantitative estimate of drug-likeness (QED) is 0.0789. The van der Waals surface area contributed by atoms with Crippen molar-refractivity contribution in [3.05, 3.63) is 132 Å². The zero-order valence-corrected chi connectivity index (χ0v) is 39.5. The number of hydrogen-bond acceptors (Lipinski definition) is 11. The van der Waals surface area contributed by atoms with E-state index in [-0.39, 0.29) is 46.5 Å². The lowest BCUT2D eigenvalue weighted by Crippen LogP contribution is -2.33. The predicted octanol–water partition coefficient (Wildman–Crippen LogP) is 13.0. The highest BCUT2D eigenvalue weighted by Crippen LogP contribution is 2.52. The van der Waals surface area contributed by atoms with E-state index in [9.17, 15) is 20.4 Å². The van der Waals surface area contributed by atoms with Crippen LogP contribution in [0.4, 0.5) is 0 Å². The Morgan fingerprint density at radius 3 is 1.30 bits per heavy atom. The Balaban J connectivity index is 0.00000562. The van der Waals surface area contributed by atoms with Gasteiger partial charge in [-0.05, 0) is 136 Å². The van der Waals surface area contributed by atoms with Crippen LogP contribution in [-0.2, 0) is 0 Å². The first-order valence-electron chi connectivity index (χ1n) is 22.9. The molecule has 0 bridgehead atoms. The van der Waals surface area contributed by atoms with Crippen molar-refractivity contribution >= 4 is 61.0 Å². The normalized spacial score (nSPS) is 14.6. The molecule has 2 fully saturated rings. The number of benzene rings is 6. The Hall–Kier alpha value is -6.08. The second-order valence-corrected chi connectivity index (χ2v) is 19.4. The van der Waals surface area contributed by atoms with Gasteiger partial charge in [-0.25, -0.2) is 0 Å². The minimum Gasteiger partial charge on any atom is -0.508 e. The summed E-state index contributed by atoms with van der Waals surface area (Å²) in [6, 6.07) is 36.7. The molecule has 0 radical (unpaired) electrons. The van der Waals surface area contributed by atoms with Crippen LogP contribution < -0.4 is 9.47 Å². The highest BCUT2D eigenvalue weighted by Gasteiger charge is 2.32. The van der Waals surface area contributed by atoms with E-state index in [1.54, 1.807) is 46.9 Å². The topological polar surface area (TPSA) is 123 Å². The molecular weight excluding hydrogens is 900 g/mol. The Bertz CT molecular complexity index is 2820. The van der Waals surface area contributed by atoms with Crippen LogP contribution in [0.5, 0.6) is 34.5 Å². The minimum absolute atomic E-state index is 0. The Morgan fingerprint density at radius 2 is 0.896 bits per heavy atom. The van der Waals surface area contributed by atoms with Crippen LogP contribution in [0.1, 0.15) is 54.4 Å². The summed E-state index contributed by atoms with van der Waals surface area (Å²) in [7, 11) is 0. The summed E-state index contributed by atoms with van der Waals surface area (Å²) in [4.78, 5) is 22.4. The molecule has 12 heteroatoms. The fourth-order valence-corrected chi connectivity index (χ4v) is 12.0. The molecule has 2 aliphatic rings. The summed E-state index contributed by atoms with van der Waals surface area (Å²) in [5.74, 6) is -0.0282. The first-order chi connectivity index (χ1) is 32.3. The largest absolute Gasteiger partial charge is 0.508 e. The zero-order valence-electron chi connectivity index (χ0n) is 37.1. The van der Waals surface area contributed by atoms with Gasteiger partial charge in [0.1, 0.15) is 47.7 Å². The van der Waals surface area contributed by atoms with E-state index in [0.717, 1.165) is 117 Å². The lowest BCUT2D eigenvalue weighted by molar-refractivity contribution is 0.103. The SMILES string of the molecule is Cl.O=C(c1c(O)cc(OCCN2CCCCC2)cc1-c1c(-c2ccc(O)cc2)sc2ccccc12)c1c(O)cc(OCCN2CCCCC2)cc1-c1c(-c2ccc(O)cc2)sc2ccccc12. The van der Waals surface area contributed by atoms with Crippen molar-refractivity contribution in [2.75, 3.05) is 52.5 Å². The van der Waals surface area contributed by atoms with E-state index in [1.807, 2.05) is 84.9 Å². The Kier molecular flexibility index (Phi) is 14.0. The summed E-state index contributed by atoms with van der Waals surface area (Å²) >= 11 is 3.12. The standard InChI is InChI=1S/C55H52N2O7S2.ClH/c58-37-19-15-35(16-20-37)54-49(41-11-3-5-13-47(41)65-54)43-31-39(63-29-27-56-23-7-1-8-24-56)33-45(60)51(43)53(62)52-44(32-40(34-46(52)61)64-30-28-57-25-9-2-10-26-57)50-42-12-4-6-14-48(42)66-55(50)36-17-21-38(59)22-18-36;/h3-6,11-22,31-34,58-61H,1-2,7-10,23-30H2;1H. The number of aromatic hydroxyl groups is 4. The third kappa shape index (κ3) is 9.70. The highest BCUT2D eigenvalue weighted by molar-refractivity contribution is 7.23. The number of fused-ring (bicyclic) bond motifs is 2. The number of piperidine rings is 2. The highest BCUT2D eigenvalue weighted by atomic mass is 35.5. The van der Waals surface area contributed by atoms with Gasteiger partial charge in [-0.3, -0.25) is 14.6 Å². The molecule has 67 heavy (non-hydrogen) atoms. The number of halogens is 1. The van der Waals surface area contributed by atoms with E-state index < -0.39 is 5.78 Å². The summed E-state index contributed by atoms with van der Waals surface area (Å²) in [6.45, 7) is 6.35. The smallest absolute Gasteiger partial charge is 0.201 e.